The predicted molar refractivity (Wildman–Crippen MR) is 104 cm³/mol. The first-order valence-electron chi connectivity index (χ1n) is 8.34. The molecule has 0 aliphatic heterocycles. The molecule has 7 heteroatoms. The summed E-state index contributed by atoms with van der Waals surface area (Å²) in [6.07, 6.45) is 3.44. The first kappa shape index (κ1) is 19.7. The van der Waals surface area contributed by atoms with Gasteiger partial charge in [0.1, 0.15) is 11.5 Å². The molecule has 0 bridgehead atoms. The summed E-state index contributed by atoms with van der Waals surface area (Å²) in [6.45, 7) is 6.04. The summed E-state index contributed by atoms with van der Waals surface area (Å²) in [5.41, 5.74) is 3.69. The maximum absolute atomic E-state index is 11.9. The number of aromatic hydroxyl groups is 1. The van der Waals surface area contributed by atoms with Crippen LogP contribution in [0.4, 0.5) is 5.69 Å². The van der Waals surface area contributed by atoms with Gasteiger partial charge in [0.05, 0.1) is 12.8 Å². The molecule has 140 valence electrons. The van der Waals surface area contributed by atoms with E-state index >= 15 is 0 Å². The van der Waals surface area contributed by atoms with Crippen LogP contribution in [0.3, 0.4) is 0 Å². The average Bonchev–Trinajstić information content (AvgIpc) is 2.66. The first-order valence-corrected chi connectivity index (χ1v) is 8.34. The summed E-state index contributed by atoms with van der Waals surface area (Å²) in [7, 11) is 0. The maximum Gasteiger partial charge on any atom is 0.329 e. The van der Waals surface area contributed by atoms with Crippen LogP contribution in [0.1, 0.15) is 18.1 Å². The monoisotopic (exact) mass is 367 g/mol. The highest BCUT2D eigenvalue weighted by atomic mass is 16.5. The predicted octanol–water partition coefficient (Wildman–Crippen LogP) is 2.61. The molecule has 27 heavy (non-hydrogen) atoms. The average molecular weight is 367 g/mol. The molecule has 0 saturated heterocycles. The quantitative estimate of drug-likeness (QED) is 0.303. The third-order valence-corrected chi connectivity index (χ3v) is 3.51. The van der Waals surface area contributed by atoms with Gasteiger partial charge in [-0.15, -0.1) is 6.58 Å². The normalized spacial score (nSPS) is 10.4. The van der Waals surface area contributed by atoms with E-state index in [0.29, 0.717) is 35.6 Å². The second-order valence-corrected chi connectivity index (χ2v) is 5.46. The number of hydrogen-bond acceptors (Lipinski definition) is 5. The van der Waals surface area contributed by atoms with E-state index in [1.165, 1.54) is 6.21 Å². The Morgan fingerprint density at radius 2 is 1.93 bits per heavy atom. The number of anilines is 1. The molecule has 0 unspecified atom stereocenters. The van der Waals surface area contributed by atoms with E-state index in [0.717, 1.165) is 0 Å². The number of carbonyl (C=O) groups excluding carboxylic acids is 2. The molecule has 0 atom stereocenters. The molecule has 0 radical (unpaired) electrons. The third-order valence-electron chi connectivity index (χ3n) is 3.51. The zero-order valence-corrected chi connectivity index (χ0v) is 14.9. The molecule has 0 aromatic heterocycles. The van der Waals surface area contributed by atoms with Gasteiger partial charge in [-0.1, -0.05) is 18.2 Å². The van der Waals surface area contributed by atoms with E-state index in [2.05, 4.69) is 22.4 Å². The topological polar surface area (TPSA) is 100 Å². The number of carbonyl (C=O) groups is 2. The van der Waals surface area contributed by atoms with Crippen molar-refractivity contribution in [3.05, 3.63) is 66.2 Å². The van der Waals surface area contributed by atoms with Crippen molar-refractivity contribution in [2.45, 2.75) is 13.3 Å². The van der Waals surface area contributed by atoms with Gasteiger partial charge < -0.3 is 15.2 Å². The molecule has 3 N–H and O–H groups in total. The number of hydrazone groups is 1. The fourth-order valence-corrected chi connectivity index (χ4v) is 2.24. The molecule has 0 fully saturated rings. The van der Waals surface area contributed by atoms with Crippen molar-refractivity contribution in [3.63, 3.8) is 0 Å². The smallest absolute Gasteiger partial charge is 0.329 e. The third kappa shape index (κ3) is 5.71. The highest BCUT2D eigenvalue weighted by Crippen LogP contribution is 2.21. The number of ether oxygens (including phenoxy) is 1. The Morgan fingerprint density at radius 3 is 2.59 bits per heavy atom. The Labute approximate surface area is 157 Å². The van der Waals surface area contributed by atoms with Crippen molar-refractivity contribution < 1.29 is 19.4 Å². The zero-order valence-electron chi connectivity index (χ0n) is 14.9. The molecule has 0 saturated carbocycles. The summed E-state index contributed by atoms with van der Waals surface area (Å²) in [5.74, 6) is -1.07. The highest BCUT2D eigenvalue weighted by molar-refractivity contribution is 6.39. The molecule has 0 aliphatic rings. The number of allylic oxidation sites excluding steroid dienone is 1. The van der Waals surface area contributed by atoms with Gasteiger partial charge in [-0.2, -0.15) is 5.10 Å². The number of phenols is 1. The number of nitrogens with zero attached hydrogens (tertiary/aromatic N) is 1. The fourth-order valence-electron chi connectivity index (χ4n) is 2.24. The van der Waals surface area contributed by atoms with Crippen molar-refractivity contribution in [2.75, 3.05) is 11.9 Å². The number of amides is 2. The van der Waals surface area contributed by atoms with Crippen molar-refractivity contribution in [2.24, 2.45) is 5.10 Å². The van der Waals surface area contributed by atoms with Crippen LogP contribution in [-0.4, -0.2) is 29.7 Å². The first-order chi connectivity index (χ1) is 13.0. The van der Waals surface area contributed by atoms with E-state index < -0.39 is 11.8 Å². The second-order valence-electron chi connectivity index (χ2n) is 5.46. The highest BCUT2D eigenvalue weighted by Gasteiger charge is 2.13. The largest absolute Gasteiger partial charge is 0.507 e. The molecule has 7 nitrogen and oxygen atoms in total. The second kappa shape index (κ2) is 9.76. The SMILES string of the molecule is C=CCc1cccc(/C=N/NC(=O)C(=O)Nc2ccc(OCC)cc2)c1O. The van der Waals surface area contributed by atoms with Crippen LogP contribution < -0.4 is 15.5 Å². The number of hydrogen-bond donors (Lipinski definition) is 3. The summed E-state index contributed by atoms with van der Waals surface area (Å²) >= 11 is 0. The maximum atomic E-state index is 11.9. The number of benzene rings is 2. The Hall–Kier alpha value is -3.61. The van der Waals surface area contributed by atoms with Crippen molar-refractivity contribution >= 4 is 23.7 Å². The van der Waals surface area contributed by atoms with Gasteiger partial charge >= 0.3 is 11.8 Å². The van der Waals surface area contributed by atoms with Crippen molar-refractivity contribution in [3.8, 4) is 11.5 Å². The van der Waals surface area contributed by atoms with Gasteiger partial charge in [0.25, 0.3) is 0 Å². The number of phenolic OH excluding ortho intramolecular Hbond substituents is 1. The molecular formula is C20H21N3O4. The Bertz CT molecular complexity index is 845. The van der Waals surface area contributed by atoms with Crippen LogP contribution in [-0.2, 0) is 16.0 Å². The molecular weight excluding hydrogens is 346 g/mol. The molecule has 2 amide bonds. The number of nitrogens with one attached hydrogen (secondary N) is 2. The minimum atomic E-state index is -0.929. The lowest BCUT2D eigenvalue weighted by molar-refractivity contribution is -0.136. The summed E-state index contributed by atoms with van der Waals surface area (Å²) in [6, 6.07) is 11.8. The van der Waals surface area contributed by atoms with Gasteiger partial charge in [0.2, 0.25) is 0 Å². The van der Waals surface area contributed by atoms with E-state index in [9.17, 15) is 14.7 Å². The van der Waals surface area contributed by atoms with E-state index in [1.807, 2.05) is 6.92 Å². The molecule has 2 aromatic carbocycles. The minimum absolute atomic E-state index is 0.0502. The van der Waals surface area contributed by atoms with E-state index in [1.54, 1.807) is 48.5 Å². The van der Waals surface area contributed by atoms with Crippen LogP contribution in [0.15, 0.2) is 60.2 Å². The van der Waals surface area contributed by atoms with Crippen LogP contribution in [0, 0.1) is 0 Å². The summed E-state index contributed by atoms with van der Waals surface area (Å²) < 4.78 is 5.30. The van der Waals surface area contributed by atoms with Gasteiger partial charge in [-0.3, -0.25) is 9.59 Å². The lowest BCUT2D eigenvalue weighted by atomic mass is 10.1. The summed E-state index contributed by atoms with van der Waals surface area (Å²) in [5, 5.41) is 16.3. The molecule has 0 heterocycles. The van der Waals surface area contributed by atoms with Gasteiger partial charge in [-0.05, 0) is 49.2 Å². The Kier molecular flexibility index (Phi) is 7.13. The molecule has 2 aromatic rings. The van der Waals surface area contributed by atoms with Crippen LogP contribution in [0.2, 0.25) is 0 Å². The van der Waals surface area contributed by atoms with E-state index in [-0.39, 0.29) is 5.75 Å². The van der Waals surface area contributed by atoms with Crippen LogP contribution in [0.5, 0.6) is 11.5 Å². The van der Waals surface area contributed by atoms with Crippen LogP contribution in [0.25, 0.3) is 0 Å². The lowest BCUT2D eigenvalue weighted by Gasteiger charge is -2.06. The molecule has 0 aliphatic carbocycles. The number of para-hydroxylation sites is 1. The molecule has 2 rings (SSSR count). The van der Waals surface area contributed by atoms with Crippen molar-refractivity contribution in [1.82, 2.24) is 5.43 Å². The minimum Gasteiger partial charge on any atom is -0.507 e. The van der Waals surface area contributed by atoms with Crippen LogP contribution >= 0.6 is 0 Å². The van der Waals surface area contributed by atoms with Gasteiger partial charge in [-0.25, -0.2) is 5.43 Å². The van der Waals surface area contributed by atoms with Crippen molar-refractivity contribution in [1.29, 1.82) is 0 Å². The molecule has 0 spiro atoms. The van der Waals surface area contributed by atoms with E-state index in [4.69, 9.17) is 4.74 Å². The standard InChI is InChI=1S/C20H21N3O4/c1-3-6-14-7-5-8-15(18(14)24)13-21-23-20(26)19(25)22-16-9-11-17(12-10-16)27-4-2/h3,5,7-13,24H,1,4,6H2,2H3,(H,22,25)(H,23,26)/b21-13+. The Morgan fingerprint density at radius 1 is 1.19 bits per heavy atom. The zero-order chi connectivity index (χ0) is 19.6. The number of rotatable bonds is 7. The lowest BCUT2D eigenvalue weighted by Crippen LogP contribution is -2.32. The summed E-state index contributed by atoms with van der Waals surface area (Å²) in [4.78, 5) is 23.7. The van der Waals surface area contributed by atoms with Gasteiger partial charge in [0, 0.05) is 11.3 Å². The fraction of sp³-hybridized carbons (Fsp3) is 0.150. The Balaban J connectivity index is 1.93. The van der Waals surface area contributed by atoms with Gasteiger partial charge in [0.15, 0.2) is 0 Å².